The van der Waals surface area contributed by atoms with Gasteiger partial charge in [0.15, 0.2) is 0 Å². The lowest BCUT2D eigenvalue weighted by Crippen LogP contribution is -2.47. The molecule has 96 valence electrons. The summed E-state index contributed by atoms with van der Waals surface area (Å²) < 4.78 is 10.1. The molecular formula is C12H19NO4. The molecule has 0 aromatic heterocycles. The van der Waals surface area contributed by atoms with Crippen molar-refractivity contribution in [1.82, 2.24) is 4.90 Å². The van der Waals surface area contributed by atoms with Crippen molar-refractivity contribution in [1.29, 1.82) is 0 Å². The SMILES string of the molecule is COC(=O)C12CC1CCN2C(=O)OC(C)(C)C. The molecule has 0 N–H and O–H groups in total. The van der Waals surface area contributed by atoms with Crippen LogP contribution in [0.2, 0.25) is 0 Å². The predicted molar refractivity (Wildman–Crippen MR) is 60.4 cm³/mol. The molecule has 1 aliphatic heterocycles. The molecule has 2 aliphatic rings. The number of amides is 1. The Labute approximate surface area is 101 Å². The van der Waals surface area contributed by atoms with Crippen LogP contribution in [-0.2, 0) is 14.3 Å². The molecule has 2 fully saturated rings. The number of piperidine rings is 1. The summed E-state index contributed by atoms with van der Waals surface area (Å²) in [5, 5.41) is 0. The van der Waals surface area contributed by atoms with Crippen LogP contribution in [0.25, 0.3) is 0 Å². The van der Waals surface area contributed by atoms with E-state index in [1.54, 1.807) is 0 Å². The lowest BCUT2D eigenvalue weighted by atomic mass is 10.2. The minimum absolute atomic E-state index is 0.252. The smallest absolute Gasteiger partial charge is 0.411 e. The van der Waals surface area contributed by atoms with Gasteiger partial charge in [0.05, 0.1) is 7.11 Å². The van der Waals surface area contributed by atoms with Gasteiger partial charge in [-0.05, 0) is 39.5 Å². The standard InChI is InChI=1S/C12H19NO4/c1-11(2,3)17-10(15)13-6-5-8-7-12(8,13)9(14)16-4/h8H,5-7H2,1-4H3. The third-order valence-corrected chi connectivity index (χ3v) is 3.41. The first-order chi connectivity index (χ1) is 7.81. The molecule has 2 atom stereocenters. The van der Waals surface area contributed by atoms with Crippen LogP contribution in [0.1, 0.15) is 33.6 Å². The largest absolute Gasteiger partial charge is 0.467 e. The van der Waals surface area contributed by atoms with Crippen LogP contribution in [0.5, 0.6) is 0 Å². The fourth-order valence-corrected chi connectivity index (χ4v) is 2.58. The Hall–Kier alpha value is -1.26. The van der Waals surface area contributed by atoms with Gasteiger partial charge in [-0.25, -0.2) is 9.59 Å². The Bertz CT molecular complexity index is 360. The Morgan fingerprint density at radius 1 is 1.35 bits per heavy atom. The van der Waals surface area contributed by atoms with Crippen LogP contribution in [-0.4, -0.2) is 41.8 Å². The number of fused-ring (bicyclic) bond motifs is 1. The maximum Gasteiger partial charge on any atom is 0.411 e. The summed E-state index contributed by atoms with van der Waals surface area (Å²) in [6.45, 7) is 6.02. The van der Waals surface area contributed by atoms with E-state index in [4.69, 9.17) is 9.47 Å². The topological polar surface area (TPSA) is 55.8 Å². The van der Waals surface area contributed by atoms with Crippen LogP contribution in [0, 0.1) is 5.92 Å². The summed E-state index contributed by atoms with van der Waals surface area (Å²) in [6, 6.07) is 0. The molecule has 1 amide bonds. The number of nitrogens with zero attached hydrogens (tertiary/aromatic N) is 1. The lowest BCUT2D eigenvalue weighted by molar-refractivity contribution is -0.148. The van der Waals surface area contributed by atoms with Gasteiger partial charge in [-0.2, -0.15) is 0 Å². The number of likely N-dealkylation sites (tertiary alicyclic amines) is 1. The number of ether oxygens (including phenoxy) is 2. The summed E-state index contributed by atoms with van der Waals surface area (Å²) in [5.74, 6) is -0.0617. The van der Waals surface area contributed by atoms with Crippen molar-refractivity contribution in [2.75, 3.05) is 13.7 Å². The van der Waals surface area contributed by atoms with E-state index in [0.717, 1.165) is 6.42 Å². The van der Waals surface area contributed by atoms with Gasteiger partial charge in [0, 0.05) is 6.54 Å². The van der Waals surface area contributed by atoms with Crippen molar-refractivity contribution in [2.45, 2.75) is 44.8 Å². The number of hydrogen-bond donors (Lipinski definition) is 0. The Kier molecular flexibility index (Phi) is 2.60. The minimum Gasteiger partial charge on any atom is -0.467 e. The molecule has 5 heteroatoms. The zero-order valence-corrected chi connectivity index (χ0v) is 10.8. The maximum atomic E-state index is 12.0. The zero-order chi connectivity index (χ0) is 12.8. The second kappa shape index (κ2) is 3.62. The van der Waals surface area contributed by atoms with Crippen molar-refractivity contribution in [3.05, 3.63) is 0 Å². The van der Waals surface area contributed by atoms with Gasteiger partial charge in [0.1, 0.15) is 11.1 Å². The number of hydrogen-bond acceptors (Lipinski definition) is 4. The molecule has 1 heterocycles. The van der Waals surface area contributed by atoms with Gasteiger partial charge in [-0.1, -0.05) is 0 Å². The molecule has 5 nitrogen and oxygen atoms in total. The molecule has 1 saturated heterocycles. The van der Waals surface area contributed by atoms with E-state index in [2.05, 4.69) is 0 Å². The monoisotopic (exact) mass is 241 g/mol. The Balaban J connectivity index is 2.11. The summed E-state index contributed by atoms with van der Waals surface area (Å²) in [5.41, 5.74) is -1.27. The highest BCUT2D eigenvalue weighted by Crippen LogP contribution is 2.56. The predicted octanol–water partition coefficient (Wildman–Crippen LogP) is 1.56. The van der Waals surface area contributed by atoms with Gasteiger partial charge >= 0.3 is 12.1 Å². The van der Waals surface area contributed by atoms with Crippen molar-refractivity contribution < 1.29 is 19.1 Å². The van der Waals surface area contributed by atoms with E-state index in [1.165, 1.54) is 12.0 Å². The molecule has 0 radical (unpaired) electrons. The molecule has 0 bridgehead atoms. The normalized spacial score (nSPS) is 30.8. The number of methoxy groups -OCH3 is 1. The van der Waals surface area contributed by atoms with Crippen molar-refractivity contribution in [3.8, 4) is 0 Å². The maximum absolute atomic E-state index is 12.0. The van der Waals surface area contributed by atoms with E-state index in [-0.39, 0.29) is 11.9 Å². The van der Waals surface area contributed by atoms with Gasteiger partial charge in [0.25, 0.3) is 0 Å². The third-order valence-electron chi connectivity index (χ3n) is 3.41. The van der Waals surface area contributed by atoms with Gasteiger partial charge in [-0.15, -0.1) is 0 Å². The quantitative estimate of drug-likeness (QED) is 0.654. The van der Waals surface area contributed by atoms with E-state index in [9.17, 15) is 9.59 Å². The van der Waals surface area contributed by atoms with Crippen LogP contribution >= 0.6 is 0 Å². The molecular weight excluding hydrogens is 222 g/mol. The van der Waals surface area contributed by atoms with Gasteiger partial charge in [-0.3, -0.25) is 4.90 Å². The minimum atomic E-state index is -0.725. The van der Waals surface area contributed by atoms with E-state index < -0.39 is 17.2 Å². The van der Waals surface area contributed by atoms with E-state index >= 15 is 0 Å². The second-order valence-corrected chi connectivity index (χ2v) is 5.74. The number of esters is 1. The highest BCUT2D eigenvalue weighted by atomic mass is 16.6. The molecule has 17 heavy (non-hydrogen) atoms. The highest BCUT2D eigenvalue weighted by molar-refractivity contribution is 5.90. The fraction of sp³-hybridized carbons (Fsp3) is 0.833. The molecule has 1 aliphatic carbocycles. The number of rotatable bonds is 1. The van der Waals surface area contributed by atoms with Crippen molar-refractivity contribution in [2.24, 2.45) is 5.92 Å². The van der Waals surface area contributed by atoms with Gasteiger partial charge < -0.3 is 9.47 Å². The first-order valence-electron chi connectivity index (χ1n) is 5.90. The Morgan fingerprint density at radius 2 is 2.00 bits per heavy atom. The average molecular weight is 241 g/mol. The van der Waals surface area contributed by atoms with E-state index in [1.807, 2.05) is 20.8 Å². The van der Waals surface area contributed by atoms with E-state index in [0.29, 0.717) is 13.0 Å². The summed E-state index contributed by atoms with van der Waals surface area (Å²) in [7, 11) is 1.36. The van der Waals surface area contributed by atoms with Crippen LogP contribution < -0.4 is 0 Å². The summed E-state index contributed by atoms with van der Waals surface area (Å²) in [4.78, 5) is 25.3. The highest BCUT2D eigenvalue weighted by Gasteiger charge is 2.70. The molecule has 1 saturated carbocycles. The lowest BCUT2D eigenvalue weighted by Gasteiger charge is -2.29. The summed E-state index contributed by atoms with van der Waals surface area (Å²) in [6.07, 6.45) is 1.15. The molecule has 0 aromatic carbocycles. The molecule has 2 rings (SSSR count). The molecule has 2 unspecified atom stereocenters. The zero-order valence-electron chi connectivity index (χ0n) is 10.8. The first kappa shape index (κ1) is 12.2. The van der Waals surface area contributed by atoms with Gasteiger partial charge in [0.2, 0.25) is 0 Å². The van der Waals surface area contributed by atoms with Crippen LogP contribution in [0.4, 0.5) is 4.79 Å². The summed E-state index contributed by atoms with van der Waals surface area (Å²) >= 11 is 0. The second-order valence-electron chi connectivity index (χ2n) is 5.74. The molecule has 0 spiro atoms. The number of carbonyl (C=O) groups is 2. The fourth-order valence-electron chi connectivity index (χ4n) is 2.58. The molecule has 0 aromatic rings. The Morgan fingerprint density at radius 3 is 2.47 bits per heavy atom. The third kappa shape index (κ3) is 1.87. The number of carbonyl (C=O) groups excluding carboxylic acids is 2. The van der Waals surface area contributed by atoms with Crippen molar-refractivity contribution >= 4 is 12.1 Å². The first-order valence-corrected chi connectivity index (χ1v) is 5.90. The van der Waals surface area contributed by atoms with Crippen LogP contribution in [0.15, 0.2) is 0 Å². The van der Waals surface area contributed by atoms with Crippen LogP contribution in [0.3, 0.4) is 0 Å². The van der Waals surface area contributed by atoms with Crippen molar-refractivity contribution in [3.63, 3.8) is 0 Å². The average Bonchev–Trinajstić information content (AvgIpc) is 2.81.